The molecule has 3 heterocycles. The molecule has 1 aromatic carbocycles. The molecule has 2 saturated heterocycles. The van der Waals surface area contributed by atoms with Gasteiger partial charge in [-0.2, -0.15) is 0 Å². The molecule has 2 aromatic rings. The van der Waals surface area contributed by atoms with E-state index in [2.05, 4.69) is 14.9 Å². The Balaban J connectivity index is 1.44. The van der Waals surface area contributed by atoms with Gasteiger partial charge < -0.3 is 9.80 Å². The van der Waals surface area contributed by atoms with E-state index in [4.69, 9.17) is 11.6 Å². The lowest BCUT2D eigenvalue weighted by Crippen LogP contribution is -3.19. The second kappa shape index (κ2) is 7.01. The summed E-state index contributed by atoms with van der Waals surface area (Å²) < 4.78 is 0. The number of nitrogens with zero attached hydrogens (tertiary/aromatic N) is 4. The van der Waals surface area contributed by atoms with E-state index in [9.17, 15) is 9.59 Å². The van der Waals surface area contributed by atoms with Crippen LogP contribution in [0.1, 0.15) is 6.42 Å². The summed E-state index contributed by atoms with van der Waals surface area (Å²) in [5.74, 6) is 0.434. The van der Waals surface area contributed by atoms with Gasteiger partial charge in [0.1, 0.15) is 0 Å². The molecule has 0 aliphatic carbocycles. The number of amides is 2. The Morgan fingerprint density at radius 3 is 2.35 bits per heavy atom. The lowest BCUT2D eigenvalue weighted by Gasteiger charge is -2.34. The third kappa shape index (κ3) is 3.15. The van der Waals surface area contributed by atoms with Crippen molar-refractivity contribution in [3.63, 3.8) is 0 Å². The summed E-state index contributed by atoms with van der Waals surface area (Å²) in [7, 11) is 0. The fourth-order valence-corrected chi connectivity index (χ4v) is 3.74. The van der Waals surface area contributed by atoms with Crippen molar-refractivity contribution in [1.82, 2.24) is 9.97 Å². The zero-order chi connectivity index (χ0) is 18.1. The summed E-state index contributed by atoms with van der Waals surface area (Å²) >= 11 is 5.90. The number of aromatic nitrogens is 2. The first-order valence-corrected chi connectivity index (χ1v) is 9.00. The quantitative estimate of drug-likeness (QED) is 0.778. The minimum atomic E-state index is -0.322. The minimum Gasteiger partial charge on any atom is -0.330 e. The number of carbonyl (C=O) groups is 2. The van der Waals surface area contributed by atoms with Gasteiger partial charge in [-0.15, -0.1) is 0 Å². The number of anilines is 2. The van der Waals surface area contributed by atoms with Gasteiger partial charge in [0, 0.05) is 17.4 Å². The first-order valence-electron chi connectivity index (χ1n) is 8.62. The lowest BCUT2D eigenvalue weighted by molar-refractivity contribution is -0.915. The Hall–Kier alpha value is -2.51. The van der Waals surface area contributed by atoms with E-state index in [0.717, 1.165) is 31.1 Å². The van der Waals surface area contributed by atoms with Crippen LogP contribution in [0.25, 0.3) is 0 Å². The number of rotatable bonds is 3. The molecule has 1 N–H and O–H groups in total. The Morgan fingerprint density at radius 1 is 1.04 bits per heavy atom. The molecule has 2 amide bonds. The summed E-state index contributed by atoms with van der Waals surface area (Å²) in [6, 6.07) is 8.27. The van der Waals surface area contributed by atoms with Gasteiger partial charge in [-0.05, 0) is 30.3 Å². The maximum atomic E-state index is 12.9. The van der Waals surface area contributed by atoms with Gasteiger partial charge in [-0.25, -0.2) is 14.9 Å². The van der Waals surface area contributed by atoms with Crippen LogP contribution in [0.5, 0.6) is 0 Å². The van der Waals surface area contributed by atoms with Crippen LogP contribution in [0.4, 0.5) is 11.6 Å². The second-order valence-corrected chi connectivity index (χ2v) is 6.93. The Morgan fingerprint density at radius 2 is 1.69 bits per heavy atom. The van der Waals surface area contributed by atoms with E-state index in [1.54, 1.807) is 42.7 Å². The van der Waals surface area contributed by atoms with Crippen LogP contribution >= 0.6 is 11.6 Å². The SMILES string of the molecule is O=C1C[C@@H]([NH+]2CCN(c3ncccn3)CC2)C(=O)N1c1ccc(Cl)cc1. The summed E-state index contributed by atoms with van der Waals surface area (Å²) in [5, 5.41) is 0.578. The van der Waals surface area contributed by atoms with Gasteiger partial charge >= 0.3 is 0 Å². The average Bonchev–Trinajstić information content (AvgIpc) is 2.98. The summed E-state index contributed by atoms with van der Waals surface area (Å²) in [6.45, 7) is 3.07. The van der Waals surface area contributed by atoms with Gasteiger partial charge in [-0.3, -0.25) is 9.59 Å². The van der Waals surface area contributed by atoms with E-state index < -0.39 is 0 Å². The van der Waals surface area contributed by atoms with Crippen LogP contribution in [0.15, 0.2) is 42.7 Å². The number of halogens is 1. The third-order valence-corrected chi connectivity index (χ3v) is 5.22. The lowest BCUT2D eigenvalue weighted by atomic mass is 10.2. The molecule has 0 bridgehead atoms. The highest BCUT2D eigenvalue weighted by Gasteiger charge is 2.46. The Labute approximate surface area is 156 Å². The Kier molecular flexibility index (Phi) is 4.57. The molecule has 0 saturated carbocycles. The fraction of sp³-hybridized carbons (Fsp3) is 0.333. The zero-order valence-corrected chi connectivity index (χ0v) is 14.9. The molecule has 1 atom stereocenters. The van der Waals surface area contributed by atoms with E-state index in [0.29, 0.717) is 16.7 Å². The number of piperazine rings is 1. The summed E-state index contributed by atoms with van der Waals surface area (Å²) in [4.78, 5) is 38.4. The third-order valence-electron chi connectivity index (χ3n) is 4.96. The zero-order valence-electron chi connectivity index (χ0n) is 14.1. The van der Waals surface area contributed by atoms with Crippen molar-refractivity contribution in [2.45, 2.75) is 12.5 Å². The van der Waals surface area contributed by atoms with Crippen LogP contribution in [0, 0.1) is 0 Å². The van der Waals surface area contributed by atoms with Crippen LogP contribution in [0.2, 0.25) is 5.02 Å². The standard InChI is InChI=1S/C18H18ClN5O2/c19-13-2-4-14(5-3-13)24-16(25)12-15(17(24)26)22-8-10-23(11-9-22)18-20-6-1-7-21-18/h1-7,15H,8-12H2/p+1/t15-/m1/s1. The number of quaternary nitrogens is 1. The molecule has 4 rings (SSSR count). The van der Waals surface area contributed by atoms with Crippen LogP contribution in [-0.2, 0) is 9.59 Å². The van der Waals surface area contributed by atoms with Crippen molar-refractivity contribution >= 4 is 35.1 Å². The molecule has 0 unspecified atom stereocenters. The monoisotopic (exact) mass is 372 g/mol. The van der Waals surface area contributed by atoms with Crippen LogP contribution in [-0.4, -0.2) is 54.0 Å². The summed E-state index contributed by atoms with van der Waals surface area (Å²) in [5.41, 5.74) is 0.586. The predicted molar refractivity (Wildman–Crippen MR) is 97.3 cm³/mol. The van der Waals surface area contributed by atoms with Gasteiger partial charge in [0.15, 0.2) is 6.04 Å². The molecular formula is C18H19ClN5O2+. The average molecular weight is 373 g/mol. The predicted octanol–water partition coefficient (Wildman–Crippen LogP) is 0.167. The van der Waals surface area contributed by atoms with Crippen LogP contribution in [0.3, 0.4) is 0 Å². The summed E-state index contributed by atoms with van der Waals surface area (Å²) in [6.07, 6.45) is 3.70. The van der Waals surface area contributed by atoms with E-state index >= 15 is 0 Å². The van der Waals surface area contributed by atoms with Gasteiger partial charge in [0.2, 0.25) is 11.9 Å². The van der Waals surface area contributed by atoms with Crippen molar-refractivity contribution < 1.29 is 14.5 Å². The topological polar surface area (TPSA) is 70.8 Å². The molecular weight excluding hydrogens is 354 g/mol. The van der Waals surface area contributed by atoms with Crippen molar-refractivity contribution in [3.05, 3.63) is 47.7 Å². The molecule has 2 fully saturated rings. The highest BCUT2D eigenvalue weighted by atomic mass is 35.5. The normalized spacial score (nSPS) is 21.5. The van der Waals surface area contributed by atoms with Gasteiger partial charge in [0.05, 0.1) is 38.3 Å². The number of benzene rings is 1. The number of imide groups is 1. The number of carbonyl (C=O) groups excluding carboxylic acids is 2. The molecule has 8 heteroatoms. The molecule has 26 heavy (non-hydrogen) atoms. The molecule has 0 spiro atoms. The highest BCUT2D eigenvalue weighted by molar-refractivity contribution is 6.30. The van der Waals surface area contributed by atoms with Crippen molar-refractivity contribution in [2.24, 2.45) is 0 Å². The second-order valence-electron chi connectivity index (χ2n) is 6.49. The van der Waals surface area contributed by atoms with Crippen molar-refractivity contribution in [2.75, 3.05) is 36.0 Å². The largest absolute Gasteiger partial charge is 0.330 e. The van der Waals surface area contributed by atoms with Crippen molar-refractivity contribution in [1.29, 1.82) is 0 Å². The molecule has 1 aromatic heterocycles. The Bertz CT molecular complexity index is 806. The van der Waals surface area contributed by atoms with Gasteiger partial charge in [-0.1, -0.05) is 11.6 Å². The van der Waals surface area contributed by atoms with E-state index in [-0.39, 0.29) is 24.3 Å². The minimum absolute atomic E-state index is 0.128. The van der Waals surface area contributed by atoms with E-state index in [1.807, 2.05) is 0 Å². The van der Waals surface area contributed by atoms with Gasteiger partial charge in [0.25, 0.3) is 5.91 Å². The molecule has 7 nitrogen and oxygen atoms in total. The maximum Gasteiger partial charge on any atom is 0.292 e. The first-order chi connectivity index (χ1) is 12.6. The maximum absolute atomic E-state index is 12.9. The smallest absolute Gasteiger partial charge is 0.292 e. The molecule has 0 radical (unpaired) electrons. The molecule has 2 aliphatic heterocycles. The van der Waals surface area contributed by atoms with Crippen LogP contribution < -0.4 is 14.7 Å². The van der Waals surface area contributed by atoms with Crippen molar-refractivity contribution in [3.8, 4) is 0 Å². The number of hydrogen-bond donors (Lipinski definition) is 1. The number of hydrogen-bond acceptors (Lipinski definition) is 5. The highest BCUT2D eigenvalue weighted by Crippen LogP contribution is 2.23. The molecule has 2 aliphatic rings. The van der Waals surface area contributed by atoms with E-state index in [1.165, 1.54) is 4.90 Å². The fourth-order valence-electron chi connectivity index (χ4n) is 3.61. The number of nitrogens with one attached hydrogen (secondary N) is 1. The first kappa shape index (κ1) is 16.9. The molecule has 134 valence electrons.